The topological polar surface area (TPSA) is 172 Å². The van der Waals surface area contributed by atoms with Gasteiger partial charge in [0, 0.05) is 25.2 Å². The molecule has 0 saturated carbocycles. The van der Waals surface area contributed by atoms with Crippen LogP contribution >= 0.6 is 35.3 Å². The second kappa shape index (κ2) is 17.6. The summed E-state index contributed by atoms with van der Waals surface area (Å²) in [5.74, 6) is -2.44. The van der Waals surface area contributed by atoms with Gasteiger partial charge < -0.3 is 30.5 Å². The van der Waals surface area contributed by atoms with E-state index in [1.54, 1.807) is 12.1 Å². The molecule has 0 bridgehead atoms. The van der Waals surface area contributed by atoms with E-state index in [0.717, 1.165) is 32.8 Å². The first-order valence-electron chi connectivity index (χ1n) is 15.6. The van der Waals surface area contributed by atoms with E-state index in [4.69, 9.17) is 26.8 Å². The Labute approximate surface area is 302 Å². The van der Waals surface area contributed by atoms with Crippen LogP contribution in [0, 0.1) is 5.82 Å². The average Bonchev–Trinajstić information content (AvgIpc) is 3.68. The van der Waals surface area contributed by atoms with E-state index in [2.05, 4.69) is 5.32 Å². The number of benzene rings is 2. The summed E-state index contributed by atoms with van der Waals surface area (Å²) in [6.45, 7) is 0.315. The molecule has 0 unspecified atom stereocenters. The van der Waals surface area contributed by atoms with Gasteiger partial charge in [-0.15, -0.1) is 23.7 Å². The Morgan fingerprint density at radius 2 is 1.86 bits per heavy atom. The summed E-state index contributed by atoms with van der Waals surface area (Å²) in [5, 5.41) is 12.2. The average molecular weight is 753 g/mol. The Bertz CT molecular complexity index is 1710. The zero-order valence-corrected chi connectivity index (χ0v) is 29.1. The monoisotopic (exact) mass is 751 g/mol. The number of anilines is 2. The lowest BCUT2D eigenvalue weighted by atomic mass is 10.1. The van der Waals surface area contributed by atoms with Gasteiger partial charge in [0.05, 0.1) is 40.6 Å². The largest absolute Gasteiger partial charge is 0.508 e. The van der Waals surface area contributed by atoms with Gasteiger partial charge in [-0.2, -0.15) is 0 Å². The van der Waals surface area contributed by atoms with Crippen LogP contribution in [0.25, 0.3) is 0 Å². The number of phenols is 1. The molecular formula is C33H36Cl2FN5O8S. The maximum absolute atomic E-state index is 15.2. The van der Waals surface area contributed by atoms with Crippen molar-refractivity contribution in [3.63, 3.8) is 0 Å². The Hall–Kier alpha value is -4.28. The van der Waals surface area contributed by atoms with Gasteiger partial charge in [0.1, 0.15) is 24.3 Å². The second-order valence-electron chi connectivity index (χ2n) is 11.5. The first-order chi connectivity index (χ1) is 23.5. The first kappa shape index (κ1) is 38.5. The molecule has 0 aliphatic carbocycles. The minimum Gasteiger partial charge on any atom is -0.508 e. The van der Waals surface area contributed by atoms with Crippen LogP contribution in [-0.2, 0) is 30.3 Å². The first-order valence-corrected chi connectivity index (χ1v) is 16.8. The number of morpholine rings is 1. The highest BCUT2D eigenvalue weighted by Crippen LogP contribution is 2.30. The summed E-state index contributed by atoms with van der Waals surface area (Å²) in [6, 6.07) is 12.7. The van der Waals surface area contributed by atoms with Crippen molar-refractivity contribution in [3.05, 3.63) is 75.2 Å². The van der Waals surface area contributed by atoms with E-state index in [1.165, 1.54) is 41.3 Å². The zero-order chi connectivity index (χ0) is 35.1. The molecule has 0 radical (unpaired) electrons. The molecule has 1 aromatic heterocycles. The lowest BCUT2D eigenvalue weighted by Gasteiger charge is -2.27. The molecule has 4 N–H and O–H groups in total. The van der Waals surface area contributed by atoms with Crippen molar-refractivity contribution in [3.8, 4) is 5.75 Å². The molecule has 268 valence electrons. The van der Waals surface area contributed by atoms with E-state index >= 15 is 4.39 Å². The Kier molecular flexibility index (Phi) is 13.5. The summed E-state index contributed by atoms with van der Waals surface area (Å²) >= 11 is 7.03. The SMILES string of the molecule is Cl.N[C@@H](Cc1ccc(O)cc1)C(=O)NCCCCC(=O)N(C[C@H]1CN(c2ccc(N3CCOCC3=O)cc2F)C(=O)O1)C(=O)c1ccc(Cl)s1. The van der Waals surface area contributed by atoms with Gasteiger partial charge in [-0.1, -0.05) is 23.7 Å². The number of imide groups is 1. The molecule has 3 heterocycles. The standard InChI is InChI=1S/C33H35ClFN5O8S.ClH/c34-28-11-10-27(49-28)32(45)40(29(42)3-1-2-12-37-31(44)25(36)15-20-4-7-22(41)8-5-20)18-23-17-39(33(46)48-23)26-9-6-21(16-24(26)35)38-13-14-47-19-30(38)43;/h4-11,16,23,25,41H,1-3,12-15,17-19,36H2,(H,37,44);1H/t23-,25+;/m1./s1. The lowest BCUT2D eigenvalue weighted by molar-refractivity contribution is -0.129. The van der Waals surface area contributed by atoms with Crippen LogP contribution in [-0.4, -0.2) is 91.3 Å². The van der Waals surface area contributed by atoms with Crippen LogP contribution in [0.1, 0.15) is 34.5 Å². The third kappa shape index (κ3) is 9.69. The molecule has 5 rings (SSSR count). The number of thiophene rings is 1. The number of ether oxygens (including phenoxy) is 2. The van der Waals surface area contributed by atoms with Crippen LogP contribution in [0.3, 0.4) is 0 Å². The smallest absolute Gasteiger partial charge is 0.414 e. The predicted molar refractivity (Wildman–Crippen MR) is 186 cm³/mol. The van der Waals surface area contributed by atoms with Crippen molar-refractivity contribution in [1.29, 1.82) is 0 Å². The van der Waals surface area contributed by atoms with Crippen LogP contribution in [0.15, 0.2) is 54.6 Å². The van der Waals surface area contributed by atoms with Gasteiger partial charge >= 0.3 is 6.09 Å². The number of unbranched alkanes of at least 4 members (excludes halogenated alkanes) is 1. The molecule has 13 nitrogen and oxygen atoms in total. The number of aromatic hydroxyl groups is 1. The molecule has 2 aliphatic heterocycles. The fourth-order valence-electron chi connectivity index (χ4n) is 5.41. The highest BCUT2D eigenvalue weighted by molar-refractivity contribution is 7.18. The second-order valence-corrected chi connectivity index (χ2v) is 13.2. The van der Waals surface area contributed by atoms with Gasteiger partial charge in [-0.3, -0.25) is 29.0 Å². The maximum atomic E-state index is 15.2. The van der Waals surface area contributed by atoms with Gasteiger partial charge in [0.15, 0.2) is 0 Å². The fraction of sp³-hybridized carbons (Fsp3) is 0.364. The third-order valence-electron chi connectivity index (χ3n) is 7.96. The molecule has 2 aliphatic rings. The summed E-state index contributed by atoms with van der Waals surface area (Å²) in [5.41, 5.74) is 7.05. The molecule has 5 amide bonds. The number of nitrogens with one attached hydrogen (secondary N) is 1. The molecule has 50 heavy (non-hydrogen) atoms. The van der Waals surface area contributed by atoms with E-state index in [9.17, 15) is 29.1 Å². The van der Waals surface area contributed by atoms with Gasteiger partial charge in [0.25, 0.3) is 11.8 Å². The van der Waals surface area contributed by atoms with Gasteiger partial charge in [-0.25, -0.2) is 9.18 Å². The number of cyclic esters (lactones) is 1. The van der Waals surface area contributed by atoms with Crippen LogP contribution in [0.4, 0.5) is 20.6 Å². The molecule has 2 atom stereocenters. The molecule has 2 aromatic carbocycles. The van der Waals surface area contributed by atoms with Crippen LogP contribution in [0.2, 0.25) is 4.34 Å². The van der Waals surface area contributed by atoms with E-state index in [1.807, 2.05) is 0 Å². The van der Waals surface area contributed by atoms with Crippen molar-refractivity contribution >= 4 is 76.4 Å². The Morgan fingerprint density at radius 3 is 2.54 bits per heavy atom. The van der Waals surface area contributed by atoms with Gasteiger partial charge in [0.2, 0.25) is 11.8 Å². The maximum Gasteiger partial charge on any atom is 0.414 e. The predicted octanol–water partition coefficient (Wildman–Crippen LogP) is 3.88. The van der Waals surface area contributed by atoms with E-state index < -0.39 is 35.9 Å². The van der Waals surface area contributed by atoms with Crippen molar-refractivity contribution in [2.24, 2.45) is 5.73 Å². The summed E-state index contributed by atoms with van der Waals surface area (Å²) in [6.07, 6.45) is -0.802. The normalized spacial score (nSPS) is 16.4. The number of amides is 5. The molecule has 0 spiro atoms. The number of hydrogen-bond acceptors (Lipinski definition) is 10. The molecule has 2 fully saturated rings. The van der Waals surface area contributed by atoms with E-state index in [-0.39, 0.29) is 86.2 Å². The van der Waals surface area contributed by atoms with Crippen LogP contribution < -0.4 is 20.9 Å². The molecule has 2 saturated heterocycles. The lowest BCUT2D eigenvalue weighted by Crippen LogP contribution is -2.43. The van der Waals surface area contributed by atoms with Crippen molar-refractivity contribution in [1.82, 2.24) is 10.2 Å². The Morgan fingerprint density at radius 1 is 1.10 bits per heavy atom. The van der Waals surface area contributed by atoms with Crippen molar-refractivity contribution < 1.29 is 42.9 Å². The number of halogens is 3. The quantitative estimate of drug-likeness (QED) is 0.219. The highest BCUT2D eigenvalue weighted by atomic mass is 35.5. The fourth-order valence-corrected chi connectivity index (χ4v) is 6.40. The summed E-state index contributed by atoms with van der Waals surface area (Å²) in [4.78, 5) is 67.9. The third-order valence-corrected chi connectivity index (χ3v) is 9.17. The molecular weight excluding hydrogens is 716 g/mol. The molecule has 17 heteroatoms. The van der Waals surface area contributed by atoms with Gasteiger partial charge in [-0.05, 0) is 67.3 Å². The summed E-state index contributed by atoms with van der Waals surface area (Å²) < 4.78 is 26.2. The summed E-state index contributed by atoms with van der Waals surface area (Å²) in [7, 11) is 0. The minimum atomic E-state index is -0.954. The minimum absolute atomic E-state index is 0. The number of rotatable bonds is 13. The number of carbonyl (C=O) groups is 5. The number of phenolic OH excluding ortho intramolecular Hbond substituents is 1. The van der Waals surface area contributed by atoms with Crippen molar-refractivity contribution in [2.45, 2.75) is 37.8 Å². The highest BCUT2D eigenvalue weighted by Gasteiger charge is 2.38. The number of nitrogens with two attached hydrogens (primary N) is 1. The zero-order valence-electron chi connectivity index (χ0n) is 26.7. The number of hydrogen-bond donors (Lipinski definition) is 3. The number of carbonyl (C=O) groups excluding carboxylic acids is 5. The van der Waals surface area contributed by atoms with Crippen molar-refractivity contribution in [2.75, 3.05) is 49.2 Å². The van der Waals surface area contributed by atoms with E-state index in [0.29, 0.717) is 29.5 Å². The van der Waals surface area contributed by atoms with Crippen LogP contribution in [0.5, 0.6) is 5.75 Å². The molecule has 3 aromatic rings. The Balaban J connectivity index is 0.00000562. The number of nitrogens with zero attached hydrogens (tertiary/aromatic N) is 3.